The lowest BCUT2D eigenvalue weighted by Crippen LogP contribution is -2.09. The van der Waals surface area contributed by atoms with Crippen molar-refractivity contribution in [3.63, 3.8) is 0 Å². The van der Waals surface area contributed by atoms with Crippen LogP contribution in [0.4, 0.5) is 15.8 Å². The minimum absolute atomic E-state index is 0.00648. The molecule has 0 aromatic heterocycles. The molecule has 2 rings (SSSR count). The number of hydrogen-bond acceptors (Lipinski definition) is 4. The summed E-state index contributed by atoms with van der Waals surface area (Å²) in [6.07, 6.45) is 1.81. The summed E-state index contributed by atoms with van der Waals surface area (Å²) in [6, 6.07) is 2.54. The van der Waals surface area contributed by atoms with Crippen LogP contribution in [0.5, 0.6) is 5.75 Å². The molecule has 0 bridgehead atoms. The number of halogens is 1. The van der Waals surface area contributed by atoms with Gasteiger partial charge >= 0.3 is 0 Å². The Morgan fingerprint density at radius 2 is 2.29 bits per heavy atom. The van der Waals surface area contributed by atoms with E-state index in [1.165, 1.54) is 12.3 Å². The molecule has 0 radical (unpaired) electrons. The number of fused-ring (bicyclic) bond motifs is 1. The average molecular weight is 194 g/mol. The van der Waals surface area contributed by atoms with Gasteiger partial charge in [0, 0.05) is 6.07 Å². The van der Waals surface area contributed by atoms with E-state index in [2.05, 4.69) is 5.32 Å². The van der Waals surface area contributed by atoms with E-state index < -0.39 is 5.82 Å². The highest BCUT2D eigenvalue weighted by Gasteiger charge is 2.13. The van der Waals surface area contributed by atoms with Gasteiger partial charge in [0.2, 0.25) is 0 Å². The Kier molecular flexibility index (Phi) is 1.85. The van der Waals surface area contributed by atoms with E-state index in [9.17, 15) is 9.18 Å². The fourth-order valence-electron chi connectivity index (χ4n) is 1.14. The van der Waals surface area contributed by atoms with Crippen molar-refractivity contribution >= 4 is 17.7 Å². The first-order valence-electron chi connectivity index (χ1n) is 3.89. The molecule has 1 aliphatic heterocycles. The smallest absolute Gasteiger partial charge is 0.169 e. The molecule has 0 spiro atoms. The quantitative estimate of drug-likeness (QED) is 0.521. The first-order chi connectivity index (χ1) is 6.70. The minimum atomic E-state index is -0.548. The molecule has 3 N–H and O–H groups in total. The summed E-state index contributed by atoms with van der Waals surface area (Å²) in [5.41, 5.74) is 6.11. The second kappa shape index (κ2) is 3.02. The number of hydrogen-bond donors (Lipinski definition) is 2. The molecule has 0 saturated heterocycles. The number of benzene rings is 1. The number of anilines is 2. The molecule has 0 atom stereocenters. The van der Waals surface area contributed by atoms with Crippen molar-refractivity contribution in [3.05, 3.63) is 29.9 Å². The number of aldehydes is 1. The maximum Gasteiger partial charge on any atom is 0.169 e. The van der Waals surface area contributed by atoms with Crippen molar-refractivity contribution in [2.75, 3.05) is 11.1 Å². The van der Waals surface area contributed by atoms with Crippen LogP contribution in [0.3, 0.4) is 0 Å². The lowest BCUT2D eigenvalue weighted by Gasteiger charge is -2.16. The molecule has 0 unspecified atom stereocenters. The summed E-state index contributed by atoms with van der Waals surface area (Å²) in [5, 5.41) is 2.74. The maximum atomic E-state index is 13.0. The van der Waals surface area contributed by atoms with E-state index in [1.54, 1.807) is 0 Å². The molecule has 0 saturated carbocycles. The highest BCUT2D eigenvalue weighted by molar-refractivity contribution is 5.82. The standard InChI is InChI=1S/C9H7FN2O2/c10-6-1-9-8(2-7(6)11)12-5(3-13)4-14-9/h1-4,12H,11H2. The number of ether oxygens (including phenoxy) is 1. The summed E-state index contributed by atoms with van der Waals surface area (Å²) in [6.45, 7) is 0. The van der Waals surface area contributed by atoms with Crippen LogP contribution in [0.2, 0.25) is 0 Å². The molecule has 1 aliphatic rings. The second-order valence-corrected chi connectivity index (χ2v) is 2.80. The Labute approximate surface area is 79.2 Å². The Morgan fingerprint density at radius 3 is 3.00 bits per heavy atom. The normalized spacial score (nSPS) is 13.4. The molecular formula is C9H7FN2O2. The molecule has 72 valence electrons. The summed E-state index contributed by atoms with van der Waals surface area (Å²) in [4.78, 5) is 10.4. The number of nitrogens with two attached hydrogens (primary N) is 1. The van der Waals surface area contributed by atoms with Crippen molar-refractivity contribution in [2.24, 2.45) is 0 Å². The number of nitrogens with one attached hydrogen (secondary N) is 1. The van der Waals surface area contributed by atoms with Gasteiger partial charge in [0.1, 0.15) is 17.8 Å². The summed E-state index contributed by atoms with van der Waals surface area (Å²) in [5.74, 6) is -0.240. The van der Waals surface area contributed by atoms with Crippen LogP contribution < -0.4 is 15.8 Å². The zero-order valence-electron chi connectivity index (χ0n) is 7.08. The fourth-order valence-corrected chi connectivity index (χ4v) is 1.14. The monoisotopic (exact) mass is 194 g/mol. The highest BCUT2D eigenvalue weighted by Crippen LogP contribution is 2.32. The van der Waals surface area contributed by atoms with Gasteiger partial charge in [-0.25, -0.2) is 4.39 Å². The molecule has 14 heavy (non-hydrogen) atoms. The largest absolute Gasteiger partial charge is 0.460 e. The predicted molar refractivity (Wildman–Crippen MR) is 49.2 cm³/mol. The average Bonchev–Trinajstić information content (AvgIpc) is 2.19. The van der Waals surface area contributed by atoms with Crippen LogP contribution in [0.15, 0.2) is 24.1 Å². The Hall–Kier alpha value is -2.04. The van der Waals surface area contributed by atoms with Gasteiger partial charge in [-0.15, -0.1) is 0 Å². The third kappa shape index (κ3) is 1.28. The molecule has 5 heteroatoms. The van der Waals surface area contributed by atoms with Crippen LogP contribution in [0.1, 0.15) is 0 Å². The van der Waals surface area contributed by atoms with Crippen LogP contribution in [0, 0.1) is 5.82 Å². The van der Waals surface area contributed by atoms with E-state index in [4.69, 9.17) is 10.5 Å². The van der Waals surface area contributed by atoms with Gasteiger partial charge in [-0.3, -0.25) is 4.79 Å². The SMILES string of the molecule is Nc1cc2c(cc1F)OC=C(C=O)N2. The predicted octanol–water partition coefficient (Wildman–Crippen LogP) is 1.25. The first-order valence-corrected chi connectivity index (χ1v) is 3.89. The van der Waals surface area contributed by atoms with Gasteiger partial charge in [-0.05, 0) is 6.07 Å². The van der Waals surface area contributed by atoms with E-state index >= 15 is 0 Å². The van der Waals surface area contributed by atoms with Gasteiger partial charge in [0.05, 0.1) is 11.4 Å². The summed E-state index contributed by atoms with van der Waals surface area (Å²) >= 11 is 0. The van der Waals surface area contributed by atoms with Crippen LogP contribution in [-0.2, 0) is 4.79 Å². The summed E-state index contributed by atoms with van der Waals surface area (Å²) < 4.78 is 18.0. The van der Waals surface area contributed by atoms with Crippen LogP contribution >= 0.6 is 0 Å². The zero-order chi connectivity index (χ0) is 10.1. The first kappa shape index (κ1) is 8.55. The number of allylic oxidation sites excluding steroid dienone is 1. The number of nitrogen functional groups attached to an aromatic ring is 1. The van der Waals surface area contributed by atoms with Gasteiger partial charge in [0.15, 0.2) is 12.0 Å². The van der Waals surface area contributed by atoms with Gasteiger partial charge in [0.25, 0.3) is 0 Å². The minimum Gasteiger partial charge on any atom is -0.460 e. The Bertz CT molecular complexity index is 429. The molecule has 1 aromatic carbocycles. The molecular weight excluding hydrogens is 187 g/mol. The topological polar surface area (TPSA) is 64.3 Å². The van der Waals surface area contributed by atoms with E-state index in [0.717, 1.165) is 6.07 Å². The number of carbonyl (C=O) groups excluding carboxylic acids is 1. The van der Waals surface area contributed by atoms with E-state index in [1.807, 2.05) is 0 Å². The van der Waals surface area contributed by atoms with E-state index in [0.29, 0.717) is 17.7 Å². The second-order valence-electron chi connectivity index (χ2n) is 2.80. The Morgan fingerprint density at radius 1 is 1.50 bits per heavy atom. The lowest BCUT2D eigenvalue weighted by molar-refractivity contribution is -0.104. The molecule has 1 heterocycles. The number of rotatable bonds is 1. The van der Waals surface area contributed by atoms with Crippen molar-refractivity contribution in [2.45, 2.75) is 0 Å². The molecule has 1 aromatic rings. The van der Waals surface area contributed by atoms with Crippen LogP contribution in [-0.4, -0.2) is 6.29 Å². The van der Waals surface area contributed by atoms with Crippen molar-refractivity contribution in [1.82, 2.24) is 0 Å². The van der Waals surface area contributed by atoms with Gasteiger partial charge < -0.3 is 15.8 Å². The Balaban J connectivity index is 2.43. The molecule has 4 nitrogen and oxygen atoms in total. The summed E-state index contributed by atoms with van der Waals surface area (Å²) in [7, 11) is 0. The van der Waals surface area contributed by atoms with Crippen molar-refractivity contribution < 1.29 is 13.9 Å². The molecule has 0 fully saturated rings. The maximum absolute atomic E-state index is 13.0. The third-order valence-electron chi connectivity index (χ3n) is 1.82. The zero-order valence-corrected chi connectivity index (χ0v) is 7.08. The van der Waals surface area contributed by atoms with Gasteiger partial charge in [-0.1, -0.05) is 0 Å². The fraction of sp³-hybridized carbons (Fsp3) is 0. The molecule has 0 aliphatic carbocycles. The van der Waals surface area contributed by atoms with E-state index in [-0.39, 0.29) is 11.4 Å². The third-order valence-corrected chi connectivity index (χ3v) is 1.82. The highest BCUT2D eigenvalue weighted by atomic mass is 19.1. The lowest BCUT2D eigenvalue weighted by atomic mass is 10.2. The van der Waals surface area contributed by atoms with Crippen LogP contribution in [0.25, 0.3) is 0 Å². The van der Waals surface area contributed by atoms with Crippen molar-refractivity contribution in [1.29, 1.82) is 0 Å². The van der Waals surface area contributed by atoms with Crippen molar-refractivity contribution in [3.8, 4) is 5.75 Å². The molecule has 0 amide bonds. The van der Waals surface area contributed by atoms with Gasteiger partial charge in [-0.2, -0.15) is 0 Å². The number of carbonyl (C=O) groups is 1.